The normalized spacial score (nSPS) is 13.3. The van der Waals surface area contributed by atoms with Crippen molar-refractivity contribution < 1.29 is 29.6 Å². The number of sulfonamides is 1. The minimum atomic E-state index is -4.26. The Bertz CT molecular complexity index is 831. The van der Waals surface area contributed by atoms with E-state index in [0.29, 0.717) is 12.1 Å². The zero-order valence-electron chi connectivity index (χ0n) is 9.65. The van der Waals surface area contributed by atoms with Crippen molar-refractivity contribution in [2.45, 2.75) is 9.79 Å². The fraction of sp³-hybridized carbons (Fsp3) is 0.250. The second-order valence-corrected chi connectivity index (χ2v) is 10.2. The molecule has 1 aromatic rings. The molecule has 0 aliphatic heterocycles. The number of halogens is 2. The minimum Gasteiger partial charge on any atom is -0.225 e. The highest BCUT2D eigenvalue weighted by molar-refractivity contribution is 8.14. The molecule has 0 bridgehead atoms. The summed E-state index contributed by atoms with van der Waals surface area (Å²) >= 11 is 0. The molecule has 0 saturated carbocycles. The van der Waals surface area contributed by atoms with Crippen LogP contribution in [0.2, 0.25) is 0 Å². The monoisotopic (exact) mass is 365 g/mol. The molecule has 0 heterocycles. The van der Waals surface area contributed by atoms with E-state index in [0.717, 1.165) is 6.07 Å². The quantitative estimate of drug-likeness (QED) is 0.720. The lowest BCUT2D eigenvalue weighted by atomic mass is 10.3. The number of primary sulfonamides is 1. The summed E-state index contributed by atoms with van der Waals surface area (Å²) in [4.78, 5) is -1.43. The SMILES string of the molecule is NS(=O)(=O)c1ccc(S(=O)(=O)CCS(=O)(=O)Cl)c(F)c1. The average Bonchev–Trinajstić information content (AvgIpc) is 2.24. The maximum absolute atomic E-state index is 13.6. The van der Waals surface area contributed by atoms with E-state index in [2.05, 4.69) is 0 Å². The lowest BCUT2D eigenvalue weighted by molar-refractivity contribution is 0.561. The topological polar surface area (TPSA) is 128 Å². The van der Waals surface area contributed by atoms with E-state index in [4.69, 9.17) is 15.8 Å². The smallest absolute Gasteiger partial charge is 0.225 e. The second-order valence-electron chi connectivity index (χ2n) is 3.70. The van der Waals surface area contributed by atoms with E-state index in [9.17, 15) is 29.6 Å². The van der Waals surface area contributed by atoms with Crippen LogP contribution in [0, 0.1) is 5.82 Å². The van der Waals surface area contributed by atoms with E-state index < -0.39 is 56.0 Å². The van der Waals surface area contributed by atoms with Gasteiger partial charge in [0.1, 0.15) is 10.7 Å². The Hall–Kier alpha value is -0.750. The number of benzene rings is 1. The molecule has 0 aliphatic rings. The van der Waals surface area contributed by atoms with E-state index in [-0.39, 0.29) is 0 Å². The lowest BCUT2D eigenvalue weighted by Crippen LogP contribution is -2.17. The summed E-state index contributed by atoms with van der Waals surface area (Å²) in [5.74, 6) is -3.17. The van der Waals surface area contributed by atoms with Gasteiger partial charge in [0, 0.05) is 10.7 Å². The molecular formula is C8H9ClFNO6S3. The standard InChI is InChI=1S/C8H9ClFNO6S3/c9-19(14,15)4-3-18(12,13)8-2-1-6(5-7(8)10)20(11,16)17/h1-2,5H,3-4H2,(H2,11,16,17). The minimum absolute atomic E-state index is 0.442. The van der Waals surface area contributed by atoms with Gasteiger partial charge in [-0.05, 0) is 18.2 Å². The first-order chi connectivity index (χ1) is 8.83. The molecule has 20 heavy (non-hydrogen) atoms. The molecule has 0 spiro atoms. The van der Waals surface area contributed by atoms with Gasteiger partial charge in [-0.2, -0.15) is 0 Å². The summed E-state index contributed by atoms with van der Waals surface area (Å²) in [5.41, 5.74) is 0. The maximum Gasteiger partial charge on any atom is 0.238 e. The van der Waals surface area contributed by atoms with E-state index >= 15 is 0 Å². The Morgan fingerprint density at radius 3 is 2.00 bits per heavy atom. The summed E-state index contributed by atoms with van der Waals surface area (Å²) in [7, 11) is -7.62. The molecule has 0 amide bonds. The van der Waals surface area contributed by atoms with Gasteiger partial charge >= 0.3 is 0 Å². The van der Waals surface area contributed by atoms with Gasteiger partial charge in [-0.3, -0.25) is 0 Å². The second kappa shape index (κ2) is 5.56. The van der Waals surface area contributed by atoms with Crippen molar-refractivity contribution in [3.63, 3.8) is 0 Å². The van der Waals surface area contributed by atoms with Crippen molar-refractivity contribution in [3.8, 4) is 0 Å². The van der Waals surface area contributed by atoms with Gasteiger partial charge in [0.2, 0.25) is 19.1 Å². The summed E-state index contributed by atoms with van der Waals surface area (Å²) in [6, 6.07) is 1.95. The van der Waals surface area contributed by atoms with Crippen LogP contribution in [0.4, 0.5) is 4.39 Å². The Labute approximate surface area is 119 Å². The molecule has 0 unspecified atom stereocenters. The van der Waals surface area contributed by atoms with Crippen molar-refractivity contribution in [2.24, 2.45) is 5.14 Å². The van der Waals surface area contributed by atoms with Crippen molar-refractivity contribution >= 4 is 39.6 Å². The lowest BCUT2D eigenvalue weighted by Gasteiger charge is -2.06. The predicted octanol–water partition coefficient (Wildman–Crippen LogP) is -0.185. The molecule has 1 rings (SSSR count). The molecule has 114 valence electrons. The molecule has 1 aromatic carbocycles. The van der Waals surface area contributed by atoms with Crippen LogP contribution in [0.25, 0.3) is 0 Å². The Morgan fingerprint density at radius 2 is 1.60 bits per heavy atom. The van der Waals surface area contributed by atoms with E-state index in [1.807, 2.05) is 0 Å². The molecule has 0 radical (unpaired) electrons. The molecule has 2 N–H and O–H groups in total. The van der Waals surface area contributed by atoms with Crippen molar-refractivity contribution in [1.29, 1.82) is 0 Å². The molecule has 0 aliphatic carbocycles. The number of hydrogen-bond donors (Lipinski definition) is 1. The van der Waals surface area contributed by atoms with Crippen LogP contribution in [0.3, 0.4) is 0 Å². The van der Waals surface area contributed by atoms with E-state index in [1.54, 1.807) is 0 Å². The van der Waals surface area contributed by atoms with Gasteiger partial charge in [0.25, 0.3) is 0 Å². The van der Waals surface area contributed by atoms with Crippen LogP contribution in [0.1, 0.15) is 0 Å². The predicted molar refractivity (Wildman–Crippen MR) is 69.5 cm³/mol. The Balaban J connectivity index is 3.21. The first-order valence-corrected chi connectivity index (χ1v) is 10.5. The molecular weight excluding hydrogens is 357 g/mol. The fourth-order valence-electron chi connectivity index (χ4n) is 1.23. The van der Waals surface area contributed by atoms with Gasteiger partial charge in [-0.15, -0.1) is 0 Å². The van der Waals surface area contributed by atoms with Crippen molar-refractivity contribution in [2.75, 3.05) is 11.5 Å². The number of rotatable bonds is 5. The van der Waals surface area contributed by atoms with Crippen molar-refractivity contribution in [3.05, 3.63) is 24.0 Å². The van der Waals surface area contributed by atoms with Crippen LogP contribution in [-0.4, -0.2) is 36.8 Å². The Kier molecular flexibility index (Phi) is 4.81. The summed E-state index contributed by atoms with van der Waals surface area (Å²) in [6.07, 6.45) is 0. The summed E-state index contributed by atoms with van der Waals surface area (Å²) < 4.78 is 80.4. The fourth-order valence-corrected chi connectivity index (χ4v) is 4.85. The molecule has 0 atom stereocenters. The molecule has 0 aromatic heterocycles. The summed E-state index contributed by atoms with van der Waals surface area (Å²) in [6.45, 7) is 0. The molecule has 12 heteroatoms. The van der Waals surface area contributed by atoms with Gasteiger partial charge in [-0.25, -0.2) is 34.8 Å². The average molecular weight is 366 g/mol. The highest BCUT2D eigenvalue weighted by Gasteiger charge is 2.23. The first kappa shape index (κ1) is 17.3. The van der Waals surface area contributed by atoms with E-state index in [1.165, 1.54) is 0 Å². The van der Waals surface area contributed by atoms with Crippen LogP contribution < -0.4 is 5.14 Å². The third-order valence-electron chi connectivity index (χ3n) is 2.16. The van der Waals surface area contributed by atoms with Gasteiger partial charge in [0.15, 0.2) is 9.84 Å². The highest BCUT2D eigenvalue weighted by atomic mass is 35.7. The first-order valence-electron chi connectivity index (χ1n) is 4.80. The maximum atomic E-state index is 13.6. The third kappa shape index (κ3) is 4.66. The van der Waals surface area contributed by atoms with Gasteiger partial charge in [0.05, 0.1) is 16.4 Å². The number of sulfone groups is 1. The highest BCUT2D eigenvalue weighted by Crippen LogP contribution is 2.20. The zero-order chi connectivity index (χ0) is 15.8. The third-order valence-corrected chi connectivity index (χ3v) is 6.23. The Morgan fingerprint density at radius 1 is 1.05 bits per heavy atom. The molecule has 7 nitrogen and oxygen atoms in total. The van der Waals surface area contributed by atoms with Crippen LogP contribution in [0.5, 0.6) is 0 Å². The number of nitrogens with two attached hydrogens (primary N) is 1. The molecule has 0 saturated heterocycles. The van der Waals surface area contributed by atoms with Crippen molar-refractivity contribution in [1.82, 2.24) is 0 Å². The summed E-state index contributed by atoms with van der Waals surface area (Å²) in [5, 5.41) is 4.76. The van der Waals surface area contributed by atoms with Gasteiger partial charge in [-0.1, -0.05) is 0 Å². The largest absolute Gasteiger partial charge is 0.238 e. The van der Waals surface area contributed by atoms with Gasteiger partial charge < -0.3 is 0 Å². The molecule has 0 fully saturated rings. The van der Waals surface area contributed by atoms with Crippen LogP contribution in [-0.2, 0) is 28.9 Å². The van der Waals surface area contributed by atoms with Crippen LogP contribution in [0.15, 0.2) is 28.0 Å². The van der Waals surface area contributed by atoms with Crippen LogP contribution >= 0.6 is 10.7 Å². The number of hydrogen-bond acceptors (Lipinski definition) is 6. The zero-order valence-corrected chi connectivity index (χ0v) is 12.9.